The van der Waals surface area contributed by atoms with Crippen LogP contribution in [-0.2, 0) is 0 Å². The van der Waals surface area contributed by atoms with Crippen molar-refractivity contribution in [1.29, 1.82) is 0 Å². The van der Waals surface area contributed by atoms with E-state index in [2.05, 4.69) is 30.5 Å². The van der Waals surface area contributed by atoms with Crippen LogP contribution >= 0.6 is 0 Å². The van der Waals surface area contributed by atoms with E-state index in [1.54, 1.807) is 12.4 Å². The number of nitrogens with zero attached hydrogens (tertiary/aromatic N) is 4. The van der Waals surface area contributed by atoms with Gasteiger partial charge in [0.15, 0.2) is 0 Å². The molecule has 3 rings (SSSR count). The molecule has 0 aliphatic carbocycles. The predicted octanol–water partition coefficient (Wildman–Crippen LogP) is 1.82. The van der Waals surface area contributed by atoms with Crippen LogP contribution in [0.3, 0.4) is 0 Å². The Morgan fingerprint density at radius 3 is 2.76 bits per heavy atom. The fourth-order valence-corrected chi connectivity index (χ4v) is 1.78. The van der Waals surface area contributed by atoms with Crippen molar-refractivity contribution in [2.75, 3.05) is 5.32 Å². The van der Waals surface area contributed by atoms with Crippen molar-refractivity contribution in [3.8, 4) is 11.4 Å². The van der Waals surface area contributed by atoms with Gasteiger partial charge in [-0.05, 0) is 19.1 Å². The largest absolute Gasteiger partial charge is 0.317 e. The fourth-order valence-electron chi connectivity index (χ4n) is 1.78. The number of aromatic nitrogens is 5. The van der Waals surface area contributed by atoms with E-state index in [0.717, 1.165) is 5.69 Å². The summed E-state index contributed by atoms with van der Waals surface area (Å²) >= 11 is 0. The molecule has 2 N–H and O–H groups in total. The van der Waals surface area contributed by atoms with Crippen molar-refractivity contribution >= 4 is 11.6 Å². The predicted molar refractivity (Wildman–Crippen MR) is 76.5 cm³/mol. The average molecular weight is 280 g/mol. The van der Waals surface area contributed by atoms with Gasteiger partial charge in [-0.3, -0.25) is 19.9 Å². The lowest BCUT2D eigenvalue weighted by Gasteiger charge is -2.05. The van der Waals surface area contributed by atoms with E-state index in [-0.39, 0.29) is 11.6 Å². The fraction of sp³-hybridized carbons (Fsp3) is 0.0714. The molecule has 0 radical (unpaired) electrons. The lowest BCUT2D eigenvalue weighted by molar-refractivity contribution is 0.102. The zero-order valence-electron chi connectivity index (χ0n) is 11.2. The van der Waals surface area contributed by atoms with Crippen LogP contribution in [-0.4, -0.2) is 31.1 Å². The molecule has 1 amide bonds. The highest BCUT2D eigenvalue weighted by Crippen LogP contribution is 2.23. The zero-order chi connectivity index (χ0) is 14.7. The van der Waals surface area contributed by atoms with Crippen LogP contribution in [0.1, 0.15) is 16.2 Å². The Labute approximate surface area is 120 Å². The van der Waals surface area contributed by atoms with Crippen LogP contribution in [0.25, 0.3) is 11.4 Å². The monoisotopic (exact) mass is 280 g/mol. The van der Waals surface area contributed by atoms with Gasteiger partial charge in [0, 0.05) is 12.4 Å². The summed E-state index contributed by atoms with van der Waals surface area (Å²) in [6.07, 6.45) is 6.19. The van der Waals surface area contributed by atoms with E-state index in [1.807, 2.05) is 25.1 Å². The van der Waals surface area contributed by atoms with E-state index in [4.69, 9.17) is 0 Å². The molecule has 3 aromatic heterocycles. The van der Waals surface area contributed by atoms with Crippen molar-refractivity contribution in [3.05, 3.63) is 54.4 Å². The number of carbonyl (C=O) groups is 1. The molecule has 0 aliphatic rings. The molecule has 0 fully saturated rings. The summed E-state index contributed by atoms with van der Waals surface area (Å²) in [6.45, 7) is 1.81. The smallest absolute Gasteiger partial charge is 0.275 e. The first-order valence-corrected chi connectivity index (χ1v) is 6.29. The molecule has 21 heavy (non-hydrogen) atoms. The van der Waals surface area contributed by atoms with Crippen molar-refractivity contribution < 1.29 is 4.79 Å². The number of H-pyrrole nitrogens is 1. The Hall–Kier alpha value is -3.09. The molecule has 0 aliphatic heterocycles. The molecule has 3 heterocycles. The number of carbonyl (C=O) groups excluding carboxylic acids is 1. The van der Waals surface area contributed by atoms with Crippen molar-refractivity contribution in [3.63, 3.8) is 0 Å². The average Bonchev–Trinajstić information content (AvgIpc) is 2.97. The number of rotatable bonds is 3. The molecular formula is C14H12N6O. The molecule has 7 nitrogen and oxygen atoms in total. The second-order valence-corrected chi connectivity index (χ2v) is 4.37. The van der Waals surface area contributed by atoms with Crippen LogP contribution in [0.4, 0.5) is 5.69 Å². The number of amides is 1. The summed E-state index contributed by atoms with van der Waals surface area (Å²) in [7, 11) is 0. The van der Waals surface area contributed by atoms with E-state index >= 15 is 0 Å². The van der Waals surface area contributed by atoms with Gasteiger partial charge in [0.2, 0.25) is 0 Å². The Morgan fingerprint density at radius 1 is 1.14 bits per heavy atom. The molecule has 0 spiro atoms. The van der Waals surface area contributed by atoms with Gasteiger partial charge in [-0.25, -0.2) is 4.98 Å². The molecule has 0 bridgehead atoms. The van der Waals surface area contributed by atoms with Gasteiger partial charge in [0.05, 0.1) is 29.5 Å². The maximum Gasteiger partial charge on any atom is 0.275 e. The van der Waals surface area contributed by atoms with Gasteiger partial charge >= 0.3 is 0 Å². The maximum atomic E-state index is 12.1. The van der Waals surface area contributed by atoms with Gasteiger partial charge in [-0.15, -0.1) is 0 Å². The number of hydrogen-bond acceptors (Lipinski definition) is 5. The minimum Gasteiger partial charge on any atom is -0.317 e. The van der Waals surface area contributed by atoms with Crippen LogP contribution in [0.5, 0.6) is 0 Å². The number of hydrogen-bond donors (Lipinski definition) is 2. The van der Waals surface area contributed by atoms with Crippen molar-refractivity contribution in [1.82, 2.24) is 25.1 Å². The number of aryl methyl sites for hydroxylation is 1. The molecule has 104 valence electrons. The van der Waals surface area contributed by atoms with Gasteiger partial charge < -0.3 is 5.32 Å². The summed E-state index contributed by atoms with van der Waals surface area (Å²) in [5.74, 6) is -0.346. The molecule has 7 heteroatoms. The van der Waals surface area contributed by atoms with Crippen LogP contribution in [0, 0.1) is 6.92 Å². The summed E-state index contributed by atoms with van der Waals surface area (Å²) in [5, 5.41) is 9.52. The molecular weight excluding hydrogens is 268 g/mol. The normalized spacial score (nSPS) is 10.3. The van der Waals surface area contributed by atoms with Crippen molar-refractivity contribution in [2.45, 2.75) is 6.92 Å². The summed E-state index contributed by atoms with van der Waals surface area (Å²) in [5.41, 5.74) is 2.88. The van der Waals surface area contributed by atoms with Gasteiger partial charge in [-0.2, -0.15) is 5.10 Å². The SMILES string of the molecule is Cc1cnc(C(=O)Nc2cn[nH]c2-c2ccccn2)cn1. The lowest BCUT2D eigenvalue weighted by Crippen LogP contribution is -2.14. The number of pyridine rings is 1. The quantitative estimate of drug-likeness (QED) is 0.762. The highest BCUT2D eigenvalue weighted by molar-refractivity contribution is 6.04. The molecule has 0 saturated carbocycles. The second kappa shape index (κ2) is 5.49. The van der Waals surface area contributed by atoms with Gasteiger partial charge in [0.25, 0.3) is 5.91 Å². The Kier molecular flexibility index (Phi) is 3.38. The molecule has 0 unspecified atom stereocenters. The Morgan fingerprint density at radius 2 is 2.05 bits per heavy atom. The van der Waals surface area contributed by atoms with E-state index in [1.165, 1.54) is 12.4 Å². The molecule has 0 saturated heterocycles. The highest BCUT2D eigenvalue weighted by Gasteiger charge is 2.14. The topological polar surface area (TPSA) is 96.5 Å². The number of anilines is 1. The first-order valence-electron chi connectivity index (χ1n) is 6.29. The third kappa shape index (κ3) is 2.76. The first-order chi connectivity index (χ1) is 10.2. The zero-order valence-corrected chi connectivity index (χ0v) is 11.2. The lowest BCUT2D eigenvalue weighted by atomic mass is 10.2. The standard InChI is InChI=1S/C14H12N6O/c1-9-6-17-12(7-16-9)14(21)19-11-8-18-20-13(11)10-4-2-3-5-15-10/h2-8H,1H3,(H,18,20)(H,19,21). The summed E-state index contributed by atoms with van der Waals surface area (Å²) in [4.78, 5) is 24.4. The minimum absolute atomic E-state index is 0.244. The maximum absolute atomic E-state index is 12.1. The number of nitrogens with one attached hydrogen (secondary N) is 2. The third-order valence-corrected chi connectivity index (χ3v) is 2.82. The third-order valence-electron chi connectivity index (χ3n) is 2.82. The van der Waals surface area contributed by atoms with E-state index in [9.17, 15) is 4.79 Å². The Balaban J connectivity index is 1.85. The van der Waals surface area contributed by atoms with Gasteiger partial charge in [0.1, 0.15) is 11.4 Å². The van der Waals surface area contributed by atoms with Crippen molar-refractivity contribution in [2.24, 2.45) is 0 Å². The van der Waals surface area contributed by atoms with Crippen LogP contribution in [0.15, 0.2) is 43.0 Å². The summed E-state index contributed by atoms with van der Waals surface area (Å²) < 4.78 is 0. The van der Waals surface area contributed by atoms with Crippen LogP contribution < -0.4 is 5.32 Å². The molecule has 0 aromatic carbocycles. The Bertz CT molecular complexity index is 751. The molecule has 3 aromatic rings. The van der Waals surface area contributed by atoms with E-state index < -0.39 is 0 Å². The number of aromatic amines is 1. The van der Waals surface area contributed by atoms with Gasteiger partial charge in [-0.1, -0.05) is 6.07 Å². The van der Waals surface area contributed by atoms with Crippen LogP contribution in [0.2, 0.25) is 0 Å². The van der Waals surface area contributed by atoms with E-state index in [0.29, 0.717) is 17.1 Å². The molecule has 0 atom stereocenters. The minimum atomic E-state index is -0.346. The second-order valence-electron chi connectivity index (χ2n) is 4.37. The summed E-state index contributed by atoms with van der Waals surface area (Å²) in [6, 6.07) is 5.51. The first kappa shape index (κ1) is 12.9. The highest BCUT2D eigenvalue weighted by atomic mass is 16.1.